The second-order valence-corrected chi connectivity index (χ2v) is 1.76. The molecule has 0 saturated carbocycles. The van der Waals surface area contributed by atoms with Crippen LogP contribution in [0.3, 0.4) is 0 Å². The van der Waals surface area contributed by atoms with Crippen molar-refractivity contribution in [3.8, 4) is 0 Å². The van der Waals surface area contributed by atoms with Gasteiger partial charge in [-0.2, -0.15) is 0 Å². The van der Waals surface area contributed by atoms with Crippen molar-refractivity contribution in [2.45, 2.75) is 0 Å². The molecular weight excluding hydrogens is 142 g/mol. The van der Waals surface area contributed by atoms with Crippen LogP contribution in [0.5, 0.6) is 0 Å². The van der Waals surface area contributed by atoms with Crippen LogP contribution in [0, 0.1) is 0 Å². The molecule has 1 rings (SSSR count). The Morgan fingerprint density at radius 1 is 1.78 bits per heavy atom. The molecule has 0 fully saturated rings. The summed E-state index contributed by atoms with van der Waals surface area (Å²) in [5, 5.41) is 10.9. The average molecular weight is 146 g/mol. The Kier molecular flexibility index (Phi) is 1.75. The minimum atomic E-state index is 0.0313. The first kappa shape index (κ1) is 6.16. The second kappa shape index (κ2) is 2.55. The van der Waals surface area contributed by atoms with Crippen LogP contribution in [0.2, 0.25) is 0 Å². The lowest BCUT2D eigenvalue weighted by molar-refractivity contribution is 0.321. The van der Waals surface area contributed by atoms with E-state index < -0.39 is 0 Å². The van der Waals surface area contributed by atoms with Gasteiger partial charge in [-0.3, -0.25) is 0 Å². The molecule has 0 unspecified atom stereocenters. The van der Waals surface area contributed by atoms with Gasteiger partial charge in [0.1, 0.15) is 6.26 Å². The molecule has 0 spiro atoms. The van der Waals surface area contributed by atoms with Crippen molar-refractivity contribution >= 4 is 16.8 Å². The van der Waals surface area contributed by atoms with E-state index in [1.807, 2.05) is 0 Å². The van der Waals surface area contributed by atoms with E-state index in [4.69, 9.17) is 16.8 Å². The highest BCUT2D eigenvalue weighted by molar-refractivity contribution is 6.69. The Morgan fingerprint density at radius 2 is 2.56 bits per heavy atom. The minimum Gasteiger partial charge on any atom is -0.472 e. The molecule has 0 atom stereocenters. The number of halogens is 1. The number of furan rings is 1. The highest BCUT2D eigenvalue weighted by Gasteiger charge is 1.98. The van der Waals surface area contributed by atoms with Gasteiger partial charge in [0.25, 0.3) is 0 Å². The van der Waals surface area contributed by atoms with Crippen LogP contribution in [0.1, 0.15) is 5.56 Å². The number of hydrogen-bond acceptors (Lipinski definition) is 3. The number of hydrogen-bond donors (Lipinski definition) is 1. The van der Waals surface area contributed by atoms with Gasteiger partial charge in [-0.1, -0.05) is 16.8 Å². The zero-order valence-corrected chi connectivity index (χ0v) is 5.17. The minimum absolute atomic E-state index is 0.0313. The normalized spacial score (nSPS) is 11.9. The highest BCUT2D eigenvalue weighted by atomic mass is 35.5. The van der Waals surface area contributed by atoms with Crippen molar-refractivity contribution < 1.29 is 9.62 Å². The quantitative estimate of drug-likeness (QED) is 0.371. The molecular formula is C5H4ClNO2. The third kappa shape index (κ3) is 1.23. The Hall–Kier alpha value is -0.960. The lowest BCUT2D eigenvalue weighted by Gasteiger charge is -1.83. The van der Waals surface area contributed by atoms with Crippen LogP contribution >= 0.6 is 11.6 Å². The second-order valence-electron chi connectivity index (χ2n) is 1.40. The Balaban J connectivity index is 2.90. The smallest absolute Gasteiger partial charge is 0.178 e. The fourth-order valence-corrected chi connectivity index (χ4v) is 0.547. The topological polar surface area (TPSA) is 45.7 Å². The molecule has 3 nitrogen and oxygen atoms in total. The molecule has 1 N–H and O–H groups in total. The maximum Gasteiger partial charge on any atom is 0.178 e. The molecule has 48 valence electrons. The molecule has 0 aliphatic carbocycles. The number of oxime groups is 1. The Morgan fingerprint density at radius 3 is 3.00 bits per heavy atom. The summed E-state index contributed by atoms with van der Waals surface area (Å²) in [6, 6.07) is 1.60. The van der Waals surface area contributed by atoms with Gasteiger partial charge in [-0.05, 0) is 6.07 Å². The van der Waals surface area contributed by atoms with Gasteiger partial charge >= 0.3 is 0 Å². The molecule has 0 aliphatic heterocycles. The van der Waals surface area contributed by atoms with Crippen LogP contribution in [0.25, 0.3) is 0 Å². The third-order valence-corrected chi connectivity index (χ3v) is 1.14. The molecule has 0 bridgehead atoms. The molecule has 1 aromatic heterocycles. The largest absolute Gasteiger partial charge is 0.472 e. The van der Waals surface area contributed by atoms with E-state index in [0.717, 1.165) is 0 Å². The molecule has 9 heavy (non-hydrogen) atoms. The standard InChI is InChI=1S/C5H4ClNO2/c6-5(7-8)4-1-2-9-3-4/h1-3,8H/b7-5+. The monoisotopic (exact) mass is 145 g/mol. The Bertz CT molecular complexity index is 205. The highest BCUT2D eigenvalue weighted by Crippen LogP contribution is 2.04. The van der Waals surface area contributed by atoms with E-state index in [1.165, 1.54) is 12.5 Å². The van der Waals surface area contributed by atoms with Gasteiger partial charge in [0.15, 0.2) is 5.17 Å². The van der Waals surface area contributed by atoms with Crippen molar-refractivity contribution in [3.05, 3.63) is 24.2 Å². The van der Waals surface area contributed by atoms with Crippen molar-refractivity contribution in [2.75, 3.05) is 0 Å². The fraction of sp³-hybridized carbons (Fsp3) is 0. The van der Waals surface area contributed by atoms with Crippen molar-refractivity contribution in [3.63, 3.8) is 0 Å². The van der Waals surface area contributed by atoms with E-state index in [-0.39, 0.29) is 5.17 Å². The fourth-order valence-electron chi connectivity index (χ4n) is 0.440. The van der Waals surface area contributed by atoms with Crippen LogP contribution < -0.4 is 0 Å². The zero-order chi connectivity index (χ0) is 6.69. The third-order valence-electron chi connectivity index (χ3n) is 0.847. The molecule has 0 amide bonds. The first-order valence-electron chi connectivity index (χ1n) is 2.24. The van der Waals surface area contributed by atoms with Crippen molar-refractivity contribution in [1.82, 2.24) is 0 Å². The van der Waals surface area contributed by atoms with Crippen LogP contribution in [-0.2, 0) is 0 Å². The van der Waals surface area contributed by atoms with Gasteiger partial charge < -0.3 is 9.62 Å². The summed E-state index contributed by atoms with van der Waals surface area (Å²) in [7, 11) is 0. The molecule has 1 heterocycles. The number of rotatable bonds is 1. The van der Waals surface area contributed by atoms with E-state index >= 15 is 0 Å². The van der Waals surface area contributed by atoms with Gasteiger partial charge in [0.05, 0.1) is 11.8 Å². The average Bonchev–Trinajstić information content (AvgIpc) is 2.37. The van der Waals surface area contributed by atoms with Gasteiger partial charge in [-0.15, -0.1) is 0 Å². The predicted molar refractivity (Wildman–Crippen MR) is 32.9 cm³/mol. The van der Waals surface area contributed by atoms with Gasteiger partial charge in [-0.25, -0.2) is 0 Å². The molecule has 0 radical (unpaired) electrons. The lowest BCUT2D eigenvalue weighted by atomic mass is 10.4. The summed E-state index contributed by atoms with van der Waals surface area (Å²) in [6.45, 7) is 0. The van der Waals surface area contributed by atoms with Gasteiger partial charge in [0, 0.05) is 0 Å². The molecule has 1 aromatic rings. The predicted octanol–water partition coefficient (Wildman–Crippen LogP) is 1.65. The summed E-state index contributed by atoms with van der Waals surface area (Å²) in [5.74, 6) is 0. The van der Waals surface area contributed by atoms with Gasteiger partial charge in [0.2, 0.25) is 0 Å². The summed E-state index contributed by atoms with van der Waals surface area (Å²) >= 11 is 5.37. The summed E-state index contributed by atoms with van der Waals surface area (Å²) in [4.78, 5) is 0. The van der Waals surface area contributed by atoms with Crippen LogP contribution in [0.15, 0.2) is 28.2 Å². The first-order chi connectivity index (χ1) is 4.34. The summed E-state index contributed by atoms with van der Waals surface area (Å²) < 4.78 is 4.66. The molecule has 0 aromatic carbocycles. The number of nitrogens with zero attached hydrogens (tertiary/aromatic N) is 1. The van der Waals surface area contributed by atoms with Crippen molar-refractivity contribution in [2.24, 2.45) is 5.16 Å². The summed E-state index contributed by atoms with van der Waals surface area (Å²) in [5.41, 5.74) is 0.569. The molecule has 0 aliphatic rings. The SMILES string of the molecule is O/N=C(/Cl)c1ccoc1. The van der Waals surface area contributed by atoms with E-state index in [1.54, 1.807) is 6.07 Å². The molecule has 4 heteroatoms. The zero-order valence-electron chi connectivity index (χ0n) is 4.41. The van der Waals surface area contributed by atoms with Crippen molar-refractivity contribution in [1.29, 1.82) is 0 Å². The first-order valence-corrected chi connectivity index (χ1v) is 2.62. The van der Waals surface area contributed by atoms with E-state index in [0.29, 0.717) is 5.56 Å². The lowest BCUT2D eigenvalue weighted by Crippen LogP contribution is -1.85. The Labute approximate surface area is 56.5 Å². The summed E-state index contributed by atoms with van der Waals surface area (Å²) in [6.07, 6.45) is 2.84. The van der Waals surface area contributed by atoms with E-state index in [2.05, 4.69) is 9.57 Å². The maximum atomic E-state index is 8.12. The van der Waals surface area contributed by atoms with Crippen LogP contribution in [0.4, 0.5) is 0 Å². The van der Waals surface area contributed by atoms with Crippen LogP contribution in [-0.4, -0.2) is 10.4 Å². The molecule has 0 saturated heterocycles. The van der Waals surface area contributed by atoms with E-state index in [9.17, 15) is 0 Å². The maximum absolute atomic E-state index is 8.12.